The monoisotopic (exact) mass is 460 g/mol. The standard InChI is InChI=1S/C34H20O2/c1-2-6-21(7-3-1)24-12-15-26-27-16-13-25(20-33(27)36-32(26)19-24)23-14-17-30-29(18-23)28-10-4-8-22-9-5-11-31(35-30)34(22)28/h1-20H. The van der Waals surface area contributed by atoms with Crippen molar-refractivity contribution in [1.29, 1.82) is 0 Å². The van der Waals surface area contributed by atoms with Gasteiger partial charge in [0.1, 0.15) is 22.7 Å². The van der Waals surface area contributed by atoms with Crippen molar-refractivity contribution in [3.8, 4) is 44.9 Å². The van der Waals surface area contributed by atoms with Crippen LogP contribution in [-0.2, 0) is 0 Å². The summed E-state index contributed by atoms with van der Waals surface area (Å²) in [4.78, 5) is 0. The molecule has 2 heterocycles. The van der Waals surface area contributed by atoms with Crippen molar-refractivity contribution >= 4 is 32.7 Å². The summed E-state index contributed by atoms with van der Waals surface area (Å²) in [5.41, 5.74) is 8.75. The van der Waals surface area contributed by atoms with Crippen LogP contribution in [0.1, 0.15) is 0 Å². The van der Waals surface area contributed by atoms with Gasteiger partial charge in [0.15, 0.2) is 0 Å². The van der Waals surface area contributed by atoms with Crippen molar-refractivity contribution in [2.45, 2.75) is 0 Å². The Morgan fingerprint density at radius 2 is 1.08 bits per heavy atom. The molecule has 0 amide bonds. The Morgan fingerprint density at radius 3 is 1.86 bits per heavy atom. The van der Waals surface area contributed by atoms with Gasteiger partial charge in [0.05, 0.1) is 0 Å². The number of benzene rings is 6. The molecule has 0 aliphatic carbocycles. The molecule has 1 aromatic heterocycles. The lowest BCUT2D eigenvalue weighted by atomic mass is 9.92. The summed E-state index contributed by atoms with van der Waals surface area (Å²) in [7, 11) is 0. The van der Waals surface area contributed by atoms with Gasteiger partial charge in [-0.2, -0.15) is 0 Å². The van der Waals surface area contributed by atoms with Crippen LogP contribution in [-0.4, -0.2) is 0 Å². The molecule has 0 N–H and O–H groups in total. The molecule has 0 fully saturated rings. The van der Waals surface area contributed by atoms with Gasteiger partial charge in [0, 0.05) is 21.7 Å². The number of hydrogen-bond acceptors (Lipinski definition) is 2. The molecule has 0 spiro atoms. The Hall–Kier alpha value is -4.82. The van der Waals surface area contributed by atoms with Gasteiger partial charge in [-0.15, -0.1) is 0 Å². The fourth-order valence-electron chi connectivity index (χ4n) is 5.51. The molecule has 0 saturated carbocycles. The molecule has 0 bridgehead atoms. The van der Waals surface area contributed by atoms with Gasteiger partial charge in [0.25, 0.3) is 0 Å². The predicted molar refractivity (Wildman–Crippen MR) is 148 cm³/mol. The van der Waals surface area contributed by atoms with Crippen molar-refractivity contribution in [1.82, 2.24) is 0 Å². The molecular weight excluding hydrogens is 440 g/mol. The van der Waals surface area contributed by atoms with Crippen LogP contribution < -0.4 is 4.74 Å². The molecule has 0 atom stereocenters. The highest BCUT2D eigenvalue weighted by atomic mass is 16.5. The second kappa shape index (κ2) is 7.34. The minimum atomic E-state index is 0.892. The molecule has 0 unspecified atom stereocenters. The maximum atomic E-state index is 6.36. The van der Waals surface area contributed by atoms with Crippen LogP contribution in [0, 0.1) is 0 Å². The molecule has 6 aromatic carbocycles. The first kappa shape index (κ1) is 19.5. The maximum Gasteiger partial charge on any atom is 0.136 e. The zero-order valence-electron chi connectivity index (χ0n) is 19.4. The molecule has 0 saturated heterocycles. The van der Waals surface area contributed by atoms with E-state index in [1.54, 1.807) is 0 Å². The van der Waals surface area contributed by atoms with Gasteiger partial charge in [-0.1, -0.05) is 78.9 Å². The molecule has 2 nitrogen and oxygen atoms in total. The molecule has 36 heavy (non-hydrogen) atoms. The summed E-state index contributed by atoms with van der Waals surface area (Å²) < 4.78 is 12.6. The highest BCUT2D eigenvalue weighted by Gasteiger charge is 2.20. The number of fused-ring (bicyclic) bond motifs is 5. The largest absolute Gasteiger partial charge is 0.456 e. The second-order valence-corrected chi connectivity index (χ2v) is 9.36. The minimum Gasteiger partial charge on any atom is -0.456 e. The van der Waals surface area contributed by atoms with Gasteiger partial charge in [-0.05, 0) is 75.7 Å². The quantitative estimate of drug-likeness (QED) is 0.256. The summed E-state index contributed by atoms with van der Waals surface area (Å²) in [5, 5.41) is 4.64. The van der Waals surface area contributed by atoms with Crippen LogP contribution in [0.3, 0.4) is 0 Å². The van der Waals surface area contributed by atoms with E-state index < -0.39 is 0 Å². The Labute approximate surface area is 208 Å². The minimum absolute atomic E-state index is 0.892. The number of rotatable bonds is 2. The Morgan fingerprint density at radius 1 is 0.417 bits per heavy atom. The van der Waals surface area contributed by atoms with E-state index in [0.29, 0.717) is 0 Å². The van der Waals surface area contributed by atoms with E-state index in [9.17, 15) is 0 Å². The summed E-state index contributed by atoms with van der Waals surface area (Å²) in [5.74, 6) is 1.81. The normalized spacial score (nSPS) is 12.1. The van der Waals surface area contributed by atoms with Gasteiger partial charge in [0.2, 0.25) is 0 Å². The summed E-state index contributed by atoms with van der Waals surface area (Å²) in [6, 6.07) is 42.5. The molecule has 1 aliphatic rings. The first-order chi connectivity index (χ1) is 17.8. The van der Waals surface area contributed by atoms with Crippen LogP contribution in [0.4, 0.5) is 0 Å². The molecule has 0 radical (unpaired) electrons. The predicted octanol–water partition coefficient (Wildman–Crippen LogP) is 9.85. The first-order valence-electron chi connectivity index (χ1n) is 12.2. The SMILES string of the molecule is c1ccc(-c2ccc3c(c2)oc2cc(-c4ccc5c(c4)-c4cccc6cccc(c46)O5)ccc23)cc1. The van der Waals surface area contributed by atoms with Crippen LogP contribution in [0.15, 0.2) is 126 Å². The van der Waals surface area contributed by atoms with Crippen LogP contribution >= 0.6 is 0 Å². The average Bonchev–Trinajstić information content (AvgIpc) is 3.31. The van der Waals surface area contributed by atoms with E-state index in [4.69, 9.17) is 9.15 Å². The fraction of sp³-hybridized carbons (Fsp3) is 0. The van der Waals surface area contributed by atoms with Crippen molar-refractivity contribution in [2.75, 3.05) is 0 Å². The third-order valence-corrected chi connectivity index (χ3v) is 7.27. The maximum absolute atomic E-state index is 6.36. The topological polar surface area (TPSA) is 22.4 Å². The lowest BCUT2D eigenvalue weighted by Crippen LogP contribution is -1.97. The van der Waals surface area contributed by atoms with Gasteiger partial charge in [-0.25, -0.2) is 0 Å². The zero-order valence-corrected chi connectivity index (χ0v) is 19.4. The number of hydrogen-bond donors (Lipinski definition) is 0. The lowest BCUT2D eigenvalue weighted by Gasteiger charge is -2.21. The van der Waals surface area contributed by atoms with E-state index in [0.717, 1.165) is 55.7 Å². The molecule has 8 rings (SSSR count). The van der Waals surface area contributed by atoms with Crippen LogP contribution in [0.25, 0.3) is 66.1 Å². The molecule has 7 aromatic rings. The Balaban J connectivity index is 1.25. The lowest BCUT2D eigenvalue weighted by molar-refractivity contribution is 0.487. The number of furan rings is 1. The van der Waals surface area contributed by atoms with Crippen molar-refractivity contribution in [3.05, 3.63) is 121 Å². The Bertz CT molecular complexity index is 1960. The number of ether oxygens (including phenoxy) is 1. The van der Waals surface area contributed by atoms with Gasteiger partial charge >= 0.3 is 0 Å². The summed E-state index contributed by atoms with van der Waals surface area (Å²) >= 11 is 0. The molecule has 2 heteroatoms. The van der Waals surface area contributed by atoms with Crippen molar-refractivity contribution < 1.29 is 9.15 Å². The second-order valence-electron chi connectivity index (χ2n) is 9.36. The van der Waals surface area contributed by atoms with E-state index in [1.165, 1.54) is 21.9 Å². The molecule has 1 aliphatic heterocycles. The van der Waals surface area contributed by atoms with E-state index in [-0.39, 0.29) is 0 Å². The third-order valence-electron chi connectivity index (χ3n) is 7.27. The third kappa shape index (κ3) is 2.85. The Kier molecular flexibility index (Phi) is 3.97. The zero-order chi connectivity index (χ0) is 23.6. The van der Waals surface area contributed by atoms with E-state index in [1.807, 2.05) is 18.2 Å². The van der Waals surface area contributed by atoms with E-state index >= 15 is 0 Å². The smallest absolute Gasteiger partial charge is 0.136 e. The summed E-state index contributed by atoms with van der Waals surface area (Å²) in [6.07, 6.45) is 0. The fourth-order valence-corrected chi connectivity index (χ4v) is 5.51. The van der Waals surface area contributed by atoms with Crippen LogP contribution in [0.5, 0.6) is 11.5 Å². The average molecular weight is 461 g/mol. The van der Waals surface area contributed by atoms with Gasteiger partial charge in [-0.3, -0.25) is 0 Å². The van der Waals surface area contributed by atoms with Crippen molar-refractivity contribution in [3.63, 3.8) is 0 Å². The summed E-state index contributed by atoms with van der Waals surface area (Å²) in [6.45, 7) is 0. The van der Waals surface area contributed by atoms with Crippen LogP contribution in [0.2, 0.25) is 0 Å². The molecular formula is C34H20O2. The molecule has 168 valence electrons. The highest BCUT2D eigenvalue weighted by Crippen LogP contribution is 2.47. The van der Waals surface area contributed by atoms with Gasteiger partial charge < -0.3 is 9.15 Å². The first-order valence-corrected chi connectivity index (χ1v) is 12.2. The van der Waals surface area contributed by atoms with E-state index in [2.05, 4.69) is 103 Å². The highest BCUT2D eigenvalue weighted by molar-refractivity contribution is 6.07. The van der Waals surface area contributed by atoms with Crippen molar-refractivity contribution in [2.24, 2.45) is 0 Å².